The van der Waals surface area contributed by atoms with Crippen molar-refractivity contribution in [2.24, 2.45) is 0 Å². The first-order valence-corrected chi connectivity index (χ1v) is 8.86. The number of phenolic OH excluding ortho intramolecular Hbond substituents is 1. The molecule has 0 unspecified atom stereocenters. The summed E-state index contributed by atoms with van der Waals surface area (Å²) in [7, 11) is 0. The largest absolute Gasteiger partial charge is 0.508 e. The minimum atomic E-state index is -0.00499. The molecule has 1 saturated heterocycles. The molecule has 2 N–H and O–H groups in total. The topological polar surface area (TPSA) is 69.0 Å². The van der Waals surface area contributed by atoms with E-state index in [1.54, 1.807) is 18.4 Å². The zero-order valence-corrected chi connectivity index (χ0v) is 14.1. The number of fused-ring (bicyclic) bond motifs is 1. The fourth-order valence-electron chi connectivity index (χ4n) is 3.73. The van der Waals surface area contributed by atoms with Crippen LogP contribution in [0.1, 0.15) is 30.2 Å². The molecule has 1 atom stereocenters. The van der Waals surface area contributed by atoms with Crippen LogP contribution in [-0.4, -0.2) is 42.2 Å². The number of carbonyl (C=O) groups is 1. The molecule has 6 nitrogen and oxygen atoms in total. The van der Waals surface area contributed by atoms with Crippen molar-refractivity contribution in [3.63, 3.8) is 0 Å². The summed E-state index contributed by atoms with van der Waals surface area (Å²) in [5, 5.41) is 12.8. The fourth-order valence-corrected chi connectivity index (χ4v) is 3.73. The number of carbonyl (C=O) groups excluding carboxylic acids is 1. The Morgan fingerprint density at radius 2 is 2.04 bits per heavy atom. The van der Waals surface area contributed by atoms with E-state index < -0.39 is 0 Å². The minimum absolute atomic E-state index is 0.00499. The molecule has 0 radical (unpaired) electrons. The molecule has 1 fully saturated rings. The maximum Gasteiger partial charge on any atom is 0.318 e. The molecule has 2 aromatic rings. The molecule has 2 heterocycles. The van der Waals surface area contributed by atoms with E-state index in [9.17, 15) is 9.90 Å². The second-order valence-electron chi connectivity index (χ2n) is 6.69. The van der Waals surface area contributed by atoms with E-state index in [2.05, 4.69) is 10.2 Å². The van der Waals surface area contributed by atoms with Crippen LogP contribution >= 0.6 is 0 Å². The Bertz CT molecular complexity index is 750. The van der Waals surface area contributed by atoms with Crippen molar-refractivity contribution in [3.05, 3.63) is 47.9 Å². The van der Waals surface area contributed by atoms with Crippen LogP contribution in [-0.2, 0) is 6.42 Å². The maximum absolute atomic E-state index is 12.6. The first-order chi connectivity index (χ1) is 12.2. The van der Waals surface area contributed by atoms with Crippen molar-refractivity contribution in [2.75, 3.05) is 31.1 Å². The van der Waals surface area contributed by atoms with Crippen LogP contribution in [0.25, 0.3) is 0 Å². The average molecular weight is 341 g/mol. The number of phenols is 1. The second-order valence-corrected chi connectivity index (χ2v) is 6.69. The monoisotopic (exact) mass is 341 g/mol. The summed E-state index contributed by atoms with van der Waals surface area (Å²) in [4.78, 5) is 16.7. The third-order valence-electron chi connectivity index (χ3n) is 5.11. The molecule has 0 saturated carbocycles. The van der Waals surface area contributed by atoms with Gasteiger partial charge in [0.25, 0.3) is 0 Å². The first kappa shape index (κ1) is 15.9. The van der Waals surface area contributed by atoms with Crippen LogP contribution in [0.2, 0.25) is 0 Å². The first-order valence-electron chi connectivity index (χ1n) is 8.86. The van der Waals surface area contributed by atoms with E-state index in [4.69, 9.17) is 4.42 Å². The number of aromatic hydroxyl groups is 1. The normalized spacial score (nSPS) is 20.2. The molecule has 1 aromatic heterocycles. The molecule has 0 bridgehead atoms. The van der Waals surface area contributed by atoms with Gasteiger partial charge in [0.05, 0.1) is 12.3 Å². The highest BCUT2D eigenvalue weighted by Gasteiger charge is 2.27. The molecule has 1 aromatic carbocycles. The Morgan fingerprint density at radius 3 is 2.84 bits per heavy atom. The van der Waals surface area contributed by atoms with Gasteiger partial charge in [-0.05, 0) is 31.0 Å². The standard InChI is InChI=1S/C19H23N3O3/c23-15-4-1-3-14(13-15)21-8-10-22(11-9-21)19(24)20-17-5-2-6-18-16(17)7-12-25-18/h1,3-4,7,12-13,17,23H,2,5-6,8-11H2,(H,20,24)/t17-/m1/s1. The van der Waals surface area contributed by atoms with Gasteiger partial charge in [-0.25, -0.2) is 4.79 Å². The minimum Gasteiger partial charge on any atom is -0.508 e. The van der Waals surface area contributed by atoms with Gasteiger partial charge in [0.2, 0.25) is 0 Å². The summed E-state index contributed by atoms with van der Waals surface area (Å²) in [6, 6.07) is 9.28. The van der Waals surface area contributed by atoms with Gasteiger partial charge in [0.15, 0.2) is 0 Å². The molecule has 132 valence electrons. The van der Waals surface area contributed by atoms with Crippen molar-refractivity contribution in [1.82, 2.24) is 10.2 Å². The van der Waals surface area contributed by atoms with Gasteiger partial charge >= 0.3 is 6.03 Å². The summed E-state index contributed by atoms with van der Waals surface area (Å²) < 4.78 is 5.49. The van der Waals surface area contributed by atoms with E-state index in [1.165, 1.54) is 0 Å². The fraction of sp³-hybridized carbons (Fsp3) is 0.421. The summed E-state index contributed by atoms with van der Waals surface area (Å²) in [6.45, 7) is 2.87. The number of benzene rings is 1. The van der Waals surface area contributed by atoms with Gasteiger partial charge in [0.1, 0.15) is 11.5 Å². The lowest BCUT2D eigenvalue weighted by molar-refractivity contribution is 0.188. The molecule has 1 aliphatic carbocycles. The number of urea groups is 1. The van der Waals surface area contributed by atoms with Gasteiger partial charge in [-0.3, -0.25) is 0 Å². The van der Waals surface area contributed by atoms with Gasteiger partial charge < -0.3 is 24.6 Å². The molecule has 0 spiro atoms. The number of hydrogen-bond acceptors (Lipinski definition) is 4. The Morgan fingerprint density at radius 1 is 1.20 bits per heavy atom. The lowest BCUT2D eigenvalue weighted by Gasteiger charge is -2.37. The van der Waals surface area contributed by atoms with Gasteiger partial charge in [-0.15, -0.1) is 0 Å². The van der Waals surface area contributed by atoms with Crippen LogP contribution in [0.3, 0.4) is 0 Å². The lowest BCUT2D eigenvalue weighted by Crippen LogP contribution is -2.52. The number of furan rings is 1. The predicted molar refractivity (Wildman–Crippen MR) is 94.8 cm³/mol. The van der Waals surface area contributed by atoms with Crippen molar-refractivity contribution < 1.29 is 14.3 Å². The number of hydrogen-bond donors (Lipinski definition) is 2. The highest BCUT2D eigenvalue weighted by molar-refractivity contribution is 5.75. The molecule has 2 aliphatic rings. The molecular formula is C19H23N3O3. The molecule has 1 aliphatic heterocycles. The van der Waals surface area contributed by atoms with E-state index in [0.717, 1.165) is 49.4 Å². The number of nitrogens with one attached hydrogen (secondary N) is 1. The van der Waals surface area contributed by atoms with Crippen LogP contribution in [0.5, 0.6) is 5.75 Å². The smallest absolute Gasteiger partial charge is 0.318 e. The number of piperazine rings is 1. The lowest BCUT2D eigenvalue weighted by atomic mass is 9.93. The van der Waals surface area contributed by atoms with Gasteiger partial charge in [-0.2, -0.15) is 0 Å². The molecule has 4 rings (SSSR count). The Kier molecular flexibility index (Phi) is 4.26. The number of rotatable bonds is 2. The SMILES string of the molecule is O=C(N[C@@H]1CCCc2occc21)N1CCN(c2cccc(O)c2)CC1. The van der Waals surface area contributed by atoms with Gasteiger partial charge in [-0.1, -0.05) is 6.07 Å². The van der Waals surface area contributed by atoms with Crippen LogP contribution in [0, 0.1) is 0 Å². The summed E-state index contributed by atoms with van der Waals surface area (Å²) in [5.74, 6) is 1.27. The Labute approximate surface area is 147 Å². The average Bonchev–Trinajstić information content (AvgIpc) is 3.12. The molecular weight excluding hydrogens is 318 g/mol. The molecule has 6 heteroatoms. The third-order valence-corrected chi connectivity index (χ3v) is 5.11. The van der Waals surface area contributed by atoms with Crippen LogP contribution in [0.15, 0.2) is 41.0 Å². The van der Waals surface area contributed by atoms with Gasteiger partial charge in [0, 0.05) is 49.9 Å². The van der Waals surface area contributed by atoms with E-state index >= 15 is 0 Å². The highest BCUT2D eigenvalue weighted by Crippen LogP contribution is 2.30. The third kappa shape index (κ3) is 3.29. The summed E-state index contributed by atoms with van der Waals surface area (Å²) in [5.41, 5.74) is 2.12. The Balaban J connectivity index is 1.35. The maximum atomic E-state index is 12.6. The van der Waals surface area contributed by atoms with Crippen molar-refractivity contribution in [3.8, 4) is 5.75 Å². The second kappa shape index (κ2) is 6.70. The van der Waals surface area contributed by atoms with Crippen LogP contribution < -0.4 is 10.2 Å². The van der Waals surface area contributed by atoms with Crippen molar-refractivity contribution in [2.45, 2.75) is 25.3 Å². The predicted octanol–water partition coefficient (Wildman–Crippen LogP) is 2.89. The van der Waals surface area contributed by atoms with E-state index in [0.29, 0.717) is 13.1 Å². The number of nitrogens with zero attached hydrogens (tertiary/aromatic N) is 2. The van der Waals surface area contributed by atoms with Crippen molar-refractivity contribution in [1.29, 1.82) is 0 Å². The summed E-state index contributed by atoms with van der Waals surface area (Å²) in [6.07, 6.45) is 4.67. The Hall–Kier alpha value is -2.63. The number of anilines is 1. The molecule has 2 amide bonds. The quantitative estimate of drug-likeness (QED) is 0.881. The van der Waals surface area contributed by atoms with Crippen molar-refractivity contribution >= 4 is 11.7 Å². The molecule has 25 heavy (non-hydrogen) atoms. The van der Waals surface area contributed by atoms with E-state index in [-0.39, 0.29) is 17.8 Å². The number of amides is 2. The highest BCUT2D eigenvalue weighted by atomic mass is 16.3. The zero-order valence-electron chi connectivity index (χ0n) is 14.1. The number of aryl methyl sites for hydroxylation is 1. The zero-order chi connectivity index (χ0) is 17.2. The van der Waals surface area contributed by atoms with E-state index in [1.807, 2.05) is 23.1 Å². The summed E-state index contributed by atoms with van der Waals surface area (Å²) >= 11 is 0. The van der Waals surface area contributed by atoms with Crippen LogP contribution in [0.4, 0.5) is 10.5 Å².